The number of thiophene rings is 1. The molecular formula is C28H29N4O3S+. The summed E-state index contributed by atoms with van der Waals surface area (Å²) in [5.41, 5.74) is 3.25. The molecule has 36 heavy (non-hydrogen) atoms. The Balaban J connectivity index is 1.46. The fourth-order valence-electron chi connectivity index (χ4n) is 5.21. The zero-order valence-corrected chi connectivity index (χ0v) is 21.3. The van der Waals surface area contributed by atoms with Crippen LogP contribution in [0.15, 0.2) is 54.7 Å². The summed E-state index contributed by atoms with van der Waals surface area (Å²) in [7, 11) is 1.45. The summed E-state index contributed by atoms with van der Waals surface area (Å²) in [4.78, 5) is 47.0. The van der Waals surface area contributed by atoms with Gasteiger partial charge in [-0.1, -0.05) is 30.7 Å². The van der Waals surface area contributed by atoms with E-state index in [1.54, 1.807) is 18.3 Å². The Kier molecular flexibility index (Phi) is 6.87. The predicted molar refractivity (Wildman–Crippen MR) is 141 cm³/mol. The number of imidazole rings is 1. The number of nitrogens with zero attached hydrogens (tertiary/aromatic N) is 4. The molecule has 8 heteroatoms. The number of carbonyl (C=O) groups excluding carboxylic acids is 2. The summed E-state index contributed by atoms with van der Waals surface area (Å²) in [5.74, 6) is 1.25. The third-order valence-corrected chi connectivity index (χ3v) is 8.18. The number of hydrogen-bond acceptors (Lipinski definition) is 6. The van der Waals surface area contributed by atoms with Gasteiger partial charge in [-0.05, 0) is 61.6 Å². The first-order chi connectivity index (χ1) is 17.4. The number of Topliss-reactive ketones (excluding diaryl/α,β-unsaturated/α-hetero) is 2. The standard InChI is InChI=1S/C28H29N4O3S/c1-3-24(33)19-10-11-23-22(17-19)30-28(21-9-4-5-14-29-21)32(23)20-8-6-7-18(15-20)16-25(34)26-12-13-27(36-26)31(2)35/h4-5,9-14,17-18,20H,3,6-8,15-16H2,1-2H3/q+1/t18-,20+/m0/s1. The molecule has 2 atom stereocenters. The van der Waals surface area contributed by atoms with Gasteiger partial charge in [0.05, 0.1) is 15.9 Å². The van der Waals surface area contributed by atoms with Gasteiger partial charge in [0.25, 0.3) is 0 Å². The average molecular weight is 502 g/mol. The van der Waals surface area contributed by atoms with E-state index in [-0.39, 0.29) is 23.5 Å². The molecule has 1 saturated carbocycles. The lowest BCUT2D eigenvalue weighted by Crippen LogP contribution is -2.22. The highest BCUT2D eigenvalue weighted by molar-refractivity contribution is 7.17. The number of nitroso groups, excluding NO2 is 1. The molecule has 184 valence electrons. The van der Waals surface area contributed by atoms with Gasteiger partial charge >= 0.3 is 5.00 Å². The number of fused-ring (bicyclic) bond motifs is 1. The van der Waals surface area contributed by atoms with Crippen LogP contribution in [-0.4, -0.2) is 37.9 Å². The summed E-state index contributed by atoms with van der Waals surface area (Å²) >= 11 is 1.26. The highest BCUT2D eigenvalue weighted by Gasteiger charge is 2.29. The van der Waals surface area contributed by atoms with Crippen LogP contribution in [0.4, 0.5) is 5.00 Å². The summed E-state index contributed by atoms with van der Waals surface area (Å²) in [5, 5.41) is 0.547. The van der Waals surface area contributed by atoms with Crippen molar-refractivity contribution < 1.29 is 14.3 Å². The molecule has 0 spiro atoms. The molecule has 7 nitrogen and oxygen atoms in total. The van der Waals surface area contributed by atoms with Gasteiger partial charge in [0.1, 0.15) is 5.69 Å². The van der Waals surface area contributed by atoms with Gasteiger partial charge < -0.3 is 4.57 Å². The first-order valence-electron chi connectivity index (χ1n) is 12.4. The van der Waals surface area contributed by atoms with Crippen molar-refractivity contribution >= 4 is 38.9 Å². The molecule has 1 fully saturated rings. The molecule has 1 aliphatic carbocycles. The van der Waals surface area contributed by atoms with Crippen molar-refractivity contribution in [1.82, 2.24) is 14.5 Å². The summed E-state index contributed by atoms with van der Waals surface area (Å²) in [6, 6.07) is 15.2. The highest BCUT2D eigenvalue weighted by Crippen LogP contribution is 2.40. The molecule has 5 rings (SSSR count). The van der Waals surface area contributed by atoms with Gasteiger partial charge in [-0.2, -0.15) is 0 Å². The highest BCUT2D eigenvalue weighted by atomic mass is 32.1. The Labute approximate surface area is 213 Å². The van der Waals surface area contributed by atoms with Gasteiger partial charge in [-0.3, -0.25) is 14.6 Å². The SMILES string of the molecule is CCC(=O)c1ccc2c(c1)nc(-c1ccccn1)n2[C@@H]1CCC[C@H](CC(=O)c2ccc([N+](C)=O)s2)C1. The molecule has 0 bridgehead atoms. The number of benzene rings is 1. The maximum Gasteiger partial charge on any atom is 0.311 e. The van der Waals surface area contributed by atoms with Crippen molar-refractivity contribution in [3.63, 3.8) is 0 Å². The predicted octanol–water partition coefficient (Wildman–Crippen LogP) is 6.80. The van der Waals surface area contributed by atoms with Crippen molar-refractivity contribution in [1.29, 1.82) is 0 Å². The quantitative estimate of drug-likeness (QED) is 0.196. The molecule has 0 aliphatic heterocycles. The third kappa shape index (κ3) is 4.78. The molecule has 0 unspecified atom stereocenters. The lowest BCUT2D eigenvalue weighted by Gasteiger charge is -2.31. The van der Waals surface area contributed by atoms with Crippen LogP contribution >= 0.6 is 11.3 Å². The molecular weight excluding hydrogens is 472 g/mol. The lowest BCUT2D eigenvalue weighted by molar-refractivity contribution is -0.423. The molecule has 4 aromatic rings. The number of pyridine rings is 1. The molecule has 0 saturated heterocycles. The monoisotopic (exact) mass is 501 g/mol. The smallest absolute Gasteiger partial charge is 0.311 e. The van der Waals surface area contributed by atoms with Crippen molar-refractivity contribution in [2.45, 2.75) is 51.5 Å². The number of carbonyl (C=O) groups is 2. The summed E-state index contributed by atoms with van der Waals surface area (Å²) < 4.78 is 3.06. The third-order valence-electron chi connectivity index (χ3n) is 7.00. The second-order valence-electron chi connectivity index (χ2n) is 9.45. The summed E-state index contributed by atoms with van der Waals surface area (Å²) in [6.45, 7) is 1.86. The van der Waals surface area contributed by atoms with E-state index < -0.39 is 0 Å². The lowest BCUT2D eigenvalue weighted by atomic mass is 9.82. The maximum absolute atomic E-state index is 13.0. The van der Waals surface area contributed by atoms with Crippen LogP contribution in [0.25, 0.3) is 22.6 Å². The van der Waals surface area contributed by atoms with Crippen LogP contribution in [0, 0.1) is 10.8 Å². The maximum atomic E-state index is 13.0. The Morgan fingerprint density at radius 1 is 1.11 bits per heavy atom. The van der Waals surface area contributed by atoms with E-state index in [4.69, 9.17) is 4.98 Å². The van der Waals surface area contributed by atoms with Crippen LogP contribution in [0.5, 0.6) is 0 Å². The largest absolute Gasteiger partial charge is 0.320 e. The molecule has 1 aliphatic rings. The number of aromatic nitrogens is 3. The van der Waals surface area contributed by atoms with Gasteiger partial charge in [-0.25, -0.2) is 4.98 Å². The normalized spacial score (nSPS) is 17.8. The van der Waals surface area contributed by atoms with E-state index in [1.807, 2.05) is 43.3 Å². The van der Waals surface area contributed by atoms with E-state index in [9.17, 15) is 14.5 Å². The van der Waals surface area contributed by atoms with E-state index in [0.717, 1.165) is 53.0 Å². The van der Waals surface area contributed by atoms with Crippen molar-refractivity contribution in [3.8, 4) is 11.5 Å². The number of rotatable bonds is 8. The Morgan fingerprint density at radius 3 is 2.69 bits per heavy atom. The zero-order chi connectivity index (χ0) is 25.2. The fraction of sp³-hybridized carbons (Fsp3) is 0.357. The second-order valence-corrected chi connectivity index (χ2v) is 10.5. The topological polar surface area (TPSA) is 84.9 Å². The van der Waals surface area contributed by atoms with E-state index >= 15 is 0 Å². The number of hydrogen-bond donors (Lipinski definition) is 0. The Hall–Kier alpha value is -3.52. The van der Waals surface area contributed by atoms with E-state index in [1.165, 1.54) is 18.4 Å². The summed E-state index contributed by atoms with van der Waals surface area (Å²) in [6.07, 6.45) is 6.58. The molecule has 3 heterocycles. The molecule has 0 N–H and O–H groups in total. The van der Waals surface area contributed by atoms with Gasteiger partial charge in [0.15, 0.2) is 24.4 Å². The zero-order valence-electron chi connectivity index (χ0n) is 20.5. The van der Waals surface area contributed by atoms with Crippen LogP contribution in [-0.2, 0) is 0 Å². The first kappa shape index (κ1) is 24.2. The molecule has 3 aromatic heterocycles. The van der Waals surface area contributed by atoms with Gasteiger partial charge in [0, 0.05) is 46.4 Å². The first-order valence-corrected chi connectivity index (χ1v) is 13.3. The van der Waals surface area contributed by atoms with Crippen LogP contribution < -0.4 is 0 Å². The fourth-order valence-corrected chi connectivity index (χ4v) is 6.04. The van der Waals surface area contributed by atoms with Crippen molar-refractivity contribution in [2.75, 3.05) is 7.05 Å². The van der Waals surface area contributed by atoms with Crippen LogP contribution in [0.2, 0.25) is 0 Å². The van der Waals surface area contributed by atoms with Crippen LogP contribution in [0.3, 0.4) is 0 Å². The van der Waals surface area contributed by atoms with Crippen molar-refractivity contribution in [3.05, 3.63) is 70.1 Å². The second kappa shape index (κ2) is 10.2. The average Bonchev–Trinajstić information content (AvgIpc) is 3.54. The van der Waals surface area contributed by atoms with Crippen molar-refractivity contribution in [2.24, 2.45) is 5.92 Å². The molecule has 0 radical (unpaired) electrons. The Bertz CT molecular complexity index is 1440. The minimum atomic E-state index is 0.0990. The van der Waals surface area contributed by atoms with E-state index in [2.05, 4.69) is 9.55 Å². The van der Waals surface area contributed by atoms with E-state index in [0.29, 0.717) is 28.3 Å². The minimum absolute atomic E-state index is 0.0990. The molecule has 0 amide bonds. The van der Waals surface area contributed by atoms with Gasteiger partial charge in [-0.15, -0.1) is 0 Å². The molecule has 1 aromatic carbocycles. The Morgan fingerprint density at radius 2 is 1.97 bits per heavy atom. The van der Waals surface area contributed by atoms with Gasteiger partial charge in [0.2, 0.25) is 0 Å². The minimum Gasteiger partial charge on any atom is -0.320 e. The van der Waals surface area contributed by atoms with Crippen LogP contribution in [0.1, 0.15) is 71.5 Å². The number of ketones is 2.